The Morgan fingerprint density at radius 3 is 1.02 bits per heavy atom. The van der Waals surface area contributed by atoms with Gasteiger partial charge in [0.25, 0.3) is 0 Å². The summed E-state index contributed by atoms with van der Waals surface area (Å²) in [5, 5.41) is 199. The van der Waals surface area contributed by atoms with Gasteiger partial charge in [0, 0.05) is 59.2 Å². The van der Waals surface area contributed by atoms with Crippen molar-refractivity contribution in [1.82, 2.24) is 0 Å². The standard InChI is InChI=1S/2C21H18O11.C21H18O10/c22-5-13-17(28)18(29)21-20(32-13)15-12(31-21)4-8(24)14-7(23)3-11(30-19(14)15)6-1-9(25)16(27)10(26)2-6;22-5-13-17(27)19(29)21-20(32-13)15-12(31-21)4-11-14(18(15)28)7(23)3-10(30-11)6-1-8(24)16(26)9(25)2-6;22-6-14-17(26)19(28)21-20(31-14)16-13(30-21)5-12-15(18(16)27)10(25)4-11(29-12)7-1-8(23)3-9(24)2-7/h1-4,13,17-18,20-22,24-29H,5H2;1-4,13,17,19-22,24-29H,5H2;1-5,14,17,19-24,26-28H,6H2/t13-,17-,18+,20+,21+;13-,17-,19+,20+,21+;14-,17-,19+,20+,21+/m111/s1. The van der Waals surface area contributed by atoms with Crippen molar-refractivity contribution in [3.8, 4) is 114 Å². The second-order valence-corrected chi connectivity index (χ2v) is 22.9. The van der Waals surface area contributed by atoms with Crippen molar-refractivity contribution < 1.29 is 144 Å². The summed E-state index contributed by atoms with van der Waals surface area (Å²) in [7, 11) is 0. The van der Waals surface area contributed by atoms with Gasteiger partial charge in [-0.1, -0.05) is 0 Å². The normalized spacial score (nSPS) is 26.7. The number of rotatable bonds is 6. The molecule has 498 valence electrons. The lowest BCUT2D eigenvalue weighted by Crippen LogP contribution is -2.55. The Morgan fingerprint density at radius 2 is 0.653 bits per heavy atom. The fourth-order valence-corrected chi connectivity index (χ4v) is 12.5. The van der Waals surface area contributed by atoms with E-state index in [0.717, 1.165) is 48.5 Å². The SMILES string of the molecule is O=c1cc(-c2cc(O)c(O)c(O)c2)oc2c3c(cc(O)c12)O[C@H]1[C@@H](O)[C@H](O)[C@@H](CO)O[C@@H]31.O=c1cc(-c2cc(O)c(O)c(O)c2)oc2cc3c(c(O)c12)[C@@H]1O[C@H](CO)[C@@H](O)[C@H](O)[C@@H]1O3.O=c1cc(-c2cc(O)cc(O)c2)oc2cc3c(c(O)c12)[C@@H]1O[C@H](CO)[C@@H](O)[C@H](O)[C@@H]1O3. The van der Waals surface area contributed by atoms with Crippen molar-refractivity contribution in [2.24, 2.45) is 0 Å². The number of hydrogen-bond acceptors (Lipinski definition) is 32. The van der Waals surface area contributed by atoms with Crippen LogP contribution in [0.1, 0.15) is 35.0 Å². The molecule has 3 aromatic heterocycles. The van der Waals surface area contributed by atoms with E-state index < -0.39 is 179 Å². The van der Waals surface area contributed by atoms with Gasteiger partial charge in [-0.2, -0.15) is 0 Å². The van der Waals surface area contributed by atoms with E-state index in [0.29, 0.717) is 0 Å². The molecule has 20 N–H and O–H groups in total. The van der Waals surface area contributed by atoms with E-state index in [1.54, 1.807) is 0 Å². The van der Waals surface area contributed by atoms with Crippen molar-refractivity contribution in [1.29, 1.82) is 0 Å². The van der Waals surface area contributed by atoms with Gasteiger partial charge in [-0.05, 0) is 36.4 Å². The molecule has 0 aliphatic carbocycles. The van der Waals surface area contributed by atoms with Crippen LogP contribution in [-0.4, -0.2) is 195 Å². The number of fused-ring (bicyclic) bond motifs is 13. The Kier molecular flexibility index (Phi) is 15.8. The number of aliphatic hydroxyl groups is 9. The molecule has 15 rings (SSSR count). The average molecular weight is 1320 g/mol. The third-order valence-electron chi connectivity index (χ3n) is 17.1. The molecule has 0 spiro atoms. The highest BCUT2D eigenvalue weighted by atomic mass is 16.6. The van der Waals surface area contributed by atoms with Crippen LogP contribution in [0.25, 0.3) is 66.9 Å². The summed E-state index contributed by atoms with van der Waals surface area (Å²) >= 11 is 0. The minimum Gasteiger partial charge on any atom is -0.508 e. The van der Waals surface area contributed by atoms with Gasteiger partial charge in [-0.3, -0.25) is 14.4 Å². The van der Waals surface area contributed by atoms with Crippen LogP contribution >= 0.6 is 0 Å². The van der Waals surface area contributed by atoms with Crippen molar-refractivity contribution in [3.63, 3.8) is 0 Å². The van der Waals surface area contributed by atoms with Gasteiger partial charge in [0.2, 0.25) is 0 Å². The lowest BCUT2D eigenvalue weighted by atomic mass is 9.92. The summed E-state index contributed by atoms with van der Waals surface area (Å²) < 4.78 is 51.2. The number of phenolic OH excluding ortho intramolecular Hbond substituents is 11. The molecule has 6 aliphatic heterocycles. The van der Waals surface area contributed by atoms with Gasteiger partial charge in [0.05, 0.1) is 36.5 Å². The van der Waals surface area contributed by atoms with E-state index in [2.05, 4.69) is 0 Å². The quantitative estimate of drug-likeness (QED) is 0.103. The average Bonchev–Trinajstić information content (AvgIpc) is 1.63. The van der Waals surface area contributed by atoms with Crippen LogP contribution < -0.4 is 30.5 Å². The first-order valence-electron chi connectivity index (χ1n) is 28.6. The molecule has 32 heteroatoms. The molecule has 9 aromatic rings. The third kappa shape index (κ3) is 10.4. The molecule has 0 saturated carbocycles. The van der Waals surface area contributed by atoms with Crippen molar-refractivity contribution in [2.45, 2.75) is 91.6 Å². The Labute approximate surface area is 527 Å². The van der Waals surface area contributed by atoms with Crippen LogP contribution in [0.5, 0.6) is 80.5 Å². The zero-order chi connectivity index (χ0) is 67.8. The van der Waals surface area contributed by atoms with Gasteiger partial charge >= 0.3 is 0 Å². The molecular weight excluding hydrogens is 1270 g/mol. The van der Waals surface area contributed by atoms with E-state index in [1.807, 2.05) is 0 Å². The lowest BCUT2D eigenvalue weighted by molar-refractivity contribution is -0.215. The van der Waals surface area contributed by atoms with Gasteiger partial charge in [0.15, 0.2) is 74.7 Å². The molecular formula is C63H54O32. The second-order valence-electron chi connectivity index (χ2n) is 22.9. The smallest absolute Gasteiger partial charge is 0.200 e. The fraction of sp³-hybridized carbons (Fsp3) is 0.286. The molecule has 3 saturated heterocycles. The lowest BCUT2D eigenvalue weighted by Gasteiger charge is -2.38. The highest BCUT2D eigenvalue weighted by Crippen LogP contribution is 2.55. The van der Waals surface area contributed by atoms with Gasteiger partial charge in [-0.15, -0.1) is 0 Å². The molecule has 9 heterocycles. The van der Waals surface area contributed by atoms with Crippen molar-refractivity contribution >= 4 is 32.9 Å². The van der Waals surface area contributed by atoms with Crippen molar-refractivity contribution in [2.75, 3.05) is 19.8 Å². The zero-order valence-electron chi connectivity index (χ0n) is 48.1. The van der Waals surface area contributed by atoms with E-state index >= 15 is 0 Å². The number of aliphatic hydroxyl groups excluding tert-OH is 9. The number of hydrogen-bond donors (Lipinski definition) is 20. The van der Waals surface area contributed by atoms with Crippen molar-refractivity contribution in [3.05, 3.63) is 126 Å². The fourth-order valence-electron chi connectivity index (χ4n) is 12.5. The minimum atomic E-state index is -1.43. The van der Waals surface area contributed by atoms with Crippen LogP contribution in [0.3, 0.4) is 0 Å². The van der Waals surface area contributed by atoms with Crippen LogP contribution in [-0.2, 0) is 14.2 Å². The van der Waals surface area contributed by atoms with Gasteiger partial charge in [0.1, 0.15) is 164 Å². The summed E-state index contributed by atoms with van der Waals surface area (Å²) in [6.07, 6.45) is -18.2. The molecule has 15 atom stereocenters. The first-order chi connectivity index (χ1) is 45.2. The Bertz CT molecular complexity index is 4700. The number of phenols is 11. The predicted octanol–water partition coefficient (Wildman–Crippen LogP) is 0.887. The molecule has 32 nitrogen and oxygen atoms in total. The zero-order valence-corrected chi connectivity index (χ0v) is 48.1. The van der Waals surface area contributed by atoms with Crippen LogP contribution in [0.2, 0.25) is 0 Å². The molecule has 0 unspecified atom stereocenters. The molecule has 3 fully saturated rings. The molecule has 0 radical (unpaired) electrons. The summed E-state index contributed by atoms with van der Waals surface area (Å²) in [5.41, 5.74) is -1.45. The van der Waals surface area contributed by atoms with Crippen LogP contribution in [0.4, 0.5) is 0 Å². The summed E-state index contributed by atoms with van der Waals surface area (Å²) in [4.78, 5) is 38.4. The number of ether oxygens (including phenoxy) is 6. The third-order valence-corrected chi connectivity index (χ3v) is 17.1. The highest BCUT2D eigenvalue weighted by molar-refractivity contribution is 5.92. The van der Waals surface area contributed by atoms with E-state index in [4.69, 9.17) is 41.7 Å². The van der Waals surface area contributed by atoms with Crippen LogP contribution in [0, 0.1) is 0 Å². The summed E-state index contributed by atoms with van der Waals surface area (Å²) in [6, 6.07) is 15.0. The molecule has 6 aliphatic rings. The topological polar surface area (TPSA) is 551 Å². The first-order valence-corrected chi connectivity index (χ1v) is 28.6. The molecule has 6 aromatic carbocycles. The van der Waals surface area contributed by atoms with E-state index in [9.17, 15) is 117 Å². The monoisotopic (exact) mass is 1320 g/mol. The second kappa shape index (κ2) is 23.6. The highest BCUT2D eigenvalue weighted by Gasteiger charge is 2.55. The predicted molar refractivity (Wildman–Crippen MR) is 315 cm³/mol. The number of aromatic hydroxyl groups is 11. The maximum absolute atomic E-state index is 12.8. The van der Waals surface area contributed by atoms with Gasteiger partial charge in [-0.25, -0.2) is 0 Å². The molecule has 0 bridgehead atoms. The molecule has 0 amide bonds. The first kappa shape index (κ1) is 63.4. The van der Waals surface area contributed by atoms with Crippen LogP contribution in [0.15, 0.2) is 106 Å². The minimum absolute atomic E-state index is 0.0329. The number of benzene rings is 6. The van der Waals surface area contributed by atoms with E-state index in [1.165, 1.54) is 30.3 Å². The largest absolute Gasteiger partial charge is 0.508 e. The summed E-state index contributed by atoms with van der Waals surface area (Å²) in [6.45, 7) is -1.73. The molecule has 95 heavy (non-hydrogen) atoms. The maximum atomic E-state index is 12.8. The van der Waals surface area contributed by atoms with E-state index in [-0.39, 0.29) is 112 Å². The Hall–Kier alpha value is -10.3. The maximum Gasteiger partial charge on any atom is 0.200 e. The van der Waals surface area contributed by atoms with Gasteiger partial charge < -0.3 is 144 Å². The Balaban J connectivity index is 0.000000129. The summed E-state index contributed by atoms with van der Waals surface area (Å²) in [5.74, 6) is -5.88. The Morgan fingerprint density at radius 1 is 0.326 bits per heavy atom.